The Morgan fingerprint density at radius 2 is 2.22 bits per heavy atom. The van der Waals surface area contributed by atoms with Crippen LogP contribution in [0.4, 0.5) is 0 Å². The number of nitrogens with two attached hydrogens (primary N) is 1. The summed E-state index contributed by atoms with van der Waals surface area (Å²) < 4.78 is 10.8. The van der Waals surface area contributed by atoms with Crippen molar-refractivity contribution >= 4 is 11.6 Å². The molecule has 0 amide bonds. The van der Waals surface area contributed by atoms with Crippen LogP contribution in [0.2, 0.25) is 5.02 Å². The first-order valence-corrected chi connectivity index (χ1v) is 5.91. The van der Waals surface area contributed by atoms with Crippen molar-refractivity contribution in [3.8, 4) is 5.75 Å². The van der Waals surface area contributed by atoms with E-state index in [9.17, 15) is 0 Å². The summed E-state index contributed by atoms with van der Waals surface area (Å²) in [6.07, 6.45) is 0. The molecule has 0 aliphatic rings. The average Bonchev–Trinajstić information content (AvgIpc) is 2.79. The van der Waals surface area contributed by atoms with Gasteiger partial charge >= 0.3 is 0 Å². The molecule has 1 aromatic carbocycles. The lowest BCUT2D eigenvalue weighted by Gasteiger charge is -2.05. The van der Waals surface area contributed by atoms with Gasteiger partial charge in [-0.1, -0.05) is 11.6 Å². The van der Waals surface area contributed by atoms with Gasteiger partial charge in [0.15, 0.2) is 6.61 Å². The quantitative estimate of drug-likeness (QED) is 0.922. The van der Waals surface area contributed by atoms with Gasteiger partial charge in [-0.2, -0.15) is 0 Å². The smallest absolute Gasteiger partial charge is 0.253 e. The minimum Gasteiger partial charge on any atom is -0.484 e. The minimum atomic E-state index is -0.274. The molecule has 0 aliphatic carbocycles. The van der Waals surface area contributed by atoms with E-state index < -0.39 is 0 Å². The van der Waals surface area contributed by atoms with Crippen LogP contribution in [0.1, 0.15) is 30.3 Å². The van der Waals surface area contributed by atoms with Gasteiger partial charge in [0, 0.05) is 5.02 Å². The second kappa shape index (κ2) is 5.37. The van der Waals surface area contributed by atoms with Crippen LogP contribution in [0.3, 0.4) is 0 Å². The summed E-state index contributed by atoms with van der Waals surface area (Å²) in [4.78, 5) is 0. The highest BCUT2D eigenvalue weighted by atomic mass is 35.5. The molecule has 2 N–H and O–H groups in total. The lowest BCUT2D eigenvalue weighted by molar-refractivity contribution is 0.257. The van der Waals surface area contributed by atoms with Crippen LogP contribution in [0.25, 0.3) is 0 Å². The van der Waals surface area contributed by atoms with Crippen LogP contribution < -0.4 is 10.5 Å². The molecule has 0 saturated heterocycles. The second-order valence-corrected chi connectivity index (χ2v) is 4.43. The van der Waals surface area contributed by atoms with Gasteiger partial charge in [0.2, 0.25) is 5.89 Å². The second-order valence-electron chi connectivity index (χ2n) is 4.02. The Balaban J connectivity index is 2.00. The number of benzene rings is 1. The van der Waals surface area contributed by atoms with Crippen molar-refractivity contribution in [3.05, 3.63) is 40.6 Å². The number of hydrogen-bond donors (Lipinski definition) is 1. The highest BCUT2D eigenvalue weighted by molar-refractivity contribution is 6.31. The molecule has 0 fully saturated rings. The maximum absolute atomic E-state index is 5.93. The van der Waals surface area contributed by atoms with E-state index in [1.165, 1.54) is 0 Å². The first kappa shape index (κ1) is 12.9. The molecule has 2 aromatic rings. The fourth-order valence-electron chi connectivity index (χ4n) is 1.36. The summed E-state index contributed by atoms with van der Waals surface area (Å²) >= 11 is 5.93. The standard InChI is InChI=1S/C12H14ClN3O2/c1-7-5-9(3-4-10(7)13)17-6-11-15-16-12(18-11)8(2)14/h3-5,8H,6,14H2,1-2H3. The Labute approximate surface area is 110 Å². The van der Waals surface area contributed by atoms with Gasteiger partial charge in [-0.15, -0.1) is 10.2 Å². The summed E-state index contributed by atoms with van der Waals surface area (Å²) in [7, 11) is 0. The Morgan fingerprint density at radius 1 is 1.44 bits per heavy atom. The van der Waals surface area contributed by atoms with E-state index in [1.807, 2.05) is 13.0 Å². The molecule has 6 heteroatoms. The molecule has 0 saturated carbocycles. The van der Waals surface area contributed by atoms with E-state index >= 15 is 0 Å². The molecule has 1 unspecified atom stereocenters. The molecule has 18 heavy (non-hydrogen) atoms. The number of rotatable bonds is 4. The number of nitrogens with zero attached hydrogens (tertiary/aromatic N) is 2. The Kier molecular flexibility index (Phi) is 3.84. The van der Waals surface area contributed by atoms with E-state index in [-0.39, 0.29) is 12.6 Å². The summed E-state index contributed by atoms with van der Waals surface area (Å²) in [5.74, 6) is 1.51. The first-order valence-electron chi connectivity index (χ1n) is 5.53. The van der Waals surface area contributed by atoms with Crippen molar-refractivity contribution in [2.75, 3.05) is 0 Å². The number of aryl methyl sites for hydroxylation is 1. The van der Waals surface area contributed by atoms with Crippen molar-refractivity contribution in [2.45, 2.75) is 26.5 Å². The predicted octanol–water partition coefficient (Wildman–Crippen LogP) is 2.63. The number of aromatic nitrogens is 2. The van der Waals surface area contributed by atoms with E-state index in [1.54, 1.807) is 19.1 Å². The number of ether oxygens (including phenoxy) is 1. The van der Waals surface area contributed by atoms with Crippen LogP contribution in [0, 0.1) is 6.92 Å². The Morgan fingerprint density at radius 3 is 2.83 bits per heavy atom. The maximum Gasteiger partial charge on any atom is 0.253 e. The third kappa shape index (κ3) is 3.00. The van der Waals surface area contributed by atoms with Gasteiger partial charge < -0.3 is 14.9 Å². The Hall–Kier alpha value is -1.59. The van der Waals surface area contributed by atoms with Crippen LogP contribution in [-0.2, 0) is 6.61 Å². The minimum absolute atomic E-state index is 0.209. The maximum atomic E-state index is 5.93. The van der Waals surface area contributed by atoms with Crippen LogP contribution in [0.5, 0.6) is 5.75 Å². The Bertz CT molecular complexity index is 540. The van der Waals surface area contributed by atoms with Crippen molar-refractivity contribution in [2.24, 2.45) is 5.73 Å². The van der Waals surface area contributed by atoms with Crippen molar-refractivity contribution in [3.63, 3.8) is 0 Å². The van der Waals surface area contributed by atoms with Crippen LogP contribution in [-0.4, -0.2) is 10.2 Å². The average molecular weight is 268 g/mol. The lowest BCUT2D eigenvalue weighted by Crippen LogP contribution is -2.04. The van der Waals surface area contributed by atoms with Crippen LogP contribution in [0.15, 0.2) is 22.6 Å². The molecule has 0 radical (unpaired) electrons. The normalized spacial score (nSPS) is 12.4. The van der Waals surface area contributed by atoms with Crippen LogP contribution >= 0.6 is 11.6 Å². The van der Waals surface area contributed by atoms with E-state index in [4.69, 9.17) is 26.5 Å². The van der Waals surface area contributed by atoms with E-state index in [0.29, 0.717) is 22.6 Å². The van der Waals surface area contributed by atoms with Gasteiger partial charge in [0.25, 0.3) is 5.89 Å². The molecular weight excluding hydrogens is 254 g/mol. The molecule has 96 valence electrons. The molecule has 1 aromatic heterocycles. The van der Waals surface area contributed by atoms with E-state index in [0.717, 1.165) is 5.56 Å². The summed E-state index contributed by atoms with van der Waals surface area (Å²) in [6.45, 7) is 3.90. The fourth-order valence-corrected chi connectivity index (χ4v) is 1.48. The van der Waals surface area contributed by atoms with Crippen molar-refractivity contribution in [1.29, 1.82) is 0 Å². The van der Waals surface area contributed by atoms with Crippen molar-refractivity contribution < 1.29 is 9.15 Å². The fraction of sp³-hybridized carbons (Fsp3) is 0.333. The zero-order valence-corrected chi connectivity index (χ0v) is 10.9. The first-order chi connectivity index (χ1) is 8.56. The third-order valence-electron chi connectivity index (χ3n) is 2.36. The lowest BCUT2D eigenvalue weighted by atomic mass is 10.2. The molecule has 2 rings (SSSR count). The van der Waals surface area contributed by atoms with Gasteiger partial charge in [0.05, 0.1) is 6.04 Å². The third-order valence-corrected chi connectivity index (χ3v) is 2.79. The van der Waals surface area contributed by atoms with Crippen molar-refractivity contribution in [1.82, 2.24) is 10.2 Å². The molecule has 1 heterocycles. The molecular formula is C12H14ClN3O2. The molecule has 5 nitrogen and oxygen atoms in total. The largest absolute Gasteiger partial charge is 0.484 e. The SMILES string of the molecule is Cc1cc(OCc2nnc(C(C)N)o2)ccc1Cl. The van der Waals surface area contributed by atoms with E-state index in [2.05, 4.69) is 10.2 Å². The summed E-state index contributed by atoms with van der Waals surface area (Å²) in [5, 5.41) is 8.37. The van der Waals surface area contributed by atoms with Gasteiger partial charge in [-0.3, -0.25) is 0 Å². The number of halogens is 1. The van der Waals surface area contributed by atoms with Gasteiger partial charge in [0.1, 0.15) is 5.75 Å². The highest BCUT2D eigenvalue weighted by Gasteiger charge is 2.10. The number of hydrogen-bond acceptors (Lipinski definition) is 5. The molecule has 0 bridgehead atoms. The predicted molar refractivity (Wildman–Crippen MR) is 67.4 cm³/mol. The zero-order chi connectivity index (χ0) is 13.1. The molecule has 0 aliphatic heterocycles. The zero-order valence-electron chi connectivity index (χ0n) is 10.2. The monoisotopic (exact) mass is 267 g/mol. The molecule has 1 atom stereocenters. The van der Waals surface area contributed by atoms with Gasteiger partial charge in [-0.05, 0) is 37.6 Å². The molecule has 0 spiro atoms. The highest BCUT2D eigenvalue weighted by Crippen LogP contribution is 2.21. The summed E-state index contributed by atoms with van der Waals surface area (Å²) in [6, 6.07) is 5.15. The summed E-state index contributed by atoms with van der Waals surface area (Å²) in [5.41, 5.74) is 6.57. The van der Waals surface area contributed by atoms with Gasteiger partial charge in [-0.25, -0.2) is 0 Å². The topological polar surface area (TPSA) is 74.2 Å².